The molecule has 0 radical (unpaired) electrons. The fraction of sp³-hybridized carbons (Fsp3) is 0.286. The van der Waals surface area contributed by atoms with Crippen molar-refractivity contribution in [3.63, 3.8) is 0 Å². The van der Waals surface area contributed by atoms with Crippen molar-refractivity contribution in [2.45, 2.75) is 12.6 Å². The Morgan fingerprint density at radius 3 is 2.90 bits per heavy atom. The van der Waals surface area contributed by atoms with Gasteiger partial charge in [0.1, 0.15) is 5.75 Å². The number of nitrogens with one attached hydrogen (secondary N) is 1. The van der Waals surface area contributed by atoms with Crippen LogP contribution < -0.4 is 10.1 Å². The lowest BCUT2D eigenvalue weighted by atomic mass is 10.1. The minimum absolute atomic E-state index is 0.0194. The number of ether oxygens (including phenoxy) is 1. The molecule has 2 N–H and O–H groups in total. The highest BCUT2D eigenvalue weighted by atomic mass is 32.1. The standard InChI is InChI=1S/C14H16N2O4S/c1-20-14-3-2-12(16(18)19)6-11(14)7-15-8-13(17)10-4-5-21-9-10/h2-6,9,13,15,17H,7-8H2,1H3. The summed E-state index contributed by atoms with van der Waals surface area (Å²) in [4.78, 5) is 10.4. The second kappa shape index (κ2) is 7.16. The Balaban J connectivity index is 1.98. The van der Waals surface area contributed by atoms with Gasteiger partial charge in [-0.05, 0) is 28.5 Å². The monoisotopic (exact) mass is 308 g/mol. The van der Waals surface area contributed by atoms with Gasteiger partial charge < -0.3 is 15.2 Å². The summed E-state index contributed by atoms with van der Waals surface area (Å²) in [5.74, 6) is 0.582. The molecule has 0 saturated heterocycles. The average Bonchev–Trinajstić information content (AvgIpc) is 3.01. The number of hydrogen-bond acceptors (Lipinski definition) is 6. The molecule has 1 aromatic carbocycles. The van der Waals surface area contributed by atoms with Crippen LogP contribution in [-0.4, -0.2) is 23.7 Å². The molecule has 21 heavy (non-hydrogen) atoms. The topological polar surface area (TPSA) is 84.6 Å². The Morgan fingerprint density at radius 2 is 2.29 bits per heavy atom. The molecule has 1 aromatic heterocycles. The zero-order valence-corrected chi connectivity index (χ0v) is 12.3. The minimum Gasteiger partial charge on any atom is -0.496 e. The Labute approximate surface area is 126 Å². The van der Waals surface area contributed by atoms with E-state index in [0.29, 0.717) is 24.4 Å². The summed E-state index contributed by atoms with van der Waals surface area (Å²) in [5.41, 5.74) is 1.56. The molecule has 0 bridgehead atoms. The molecule has 0 aliphatic rings. The van der Waals surface area contributed by atoms with Crippen molar-refractivity contribution in [3.8, 4) is 5.75 Å². The molecule has 2 rings (SSSR count). The normalized spacial score (nSPS) is 12.1. The third kappa shape index (κ3) is 4.01. The van der Waals surface area contributed by atoms with Crippen molar-refractivity contribution >= 4 is 17.0 Å². The second-order valence-corrected chi connectivity index (χ2v) is 5.24. The van der Waals surface area contributed by atoms with Crippen LogP contribution in [0.25, 0.3) is 0 Å². The summed E-state index contributed by atoms with van der Waals surface area (Å²) in [6, 6.07) is 6.32. The van der Waals surface area contributed by atoms with E-state index in [4.69, 9.17) is 4.74 Å². The van der Waals surface area contributed by atoms with E-state index in [1.165, 1.54) is 30.6 Å². The maximum absolute atomic E-state index is 10.8. The molecular weight excluding hydrogens is 292 g/mol. The highest BCUT2D eigenvalue weighted by molar-refractivity contribution is 7.07. The smallest absolute Gasteiger partial charge is 0.270 e. The summed E-state index contributed by atoms with van der Waals surface area (Å²) < 4.78 is 5.19. The lowest BCUT2D eigenvalue weighted by molar-refractivity contribution is -0.384. The van der Waals surface area contributed by atoms with Gasteiger partial charge in [-0.3, -0.25) is 10.1 Å². The van der Waals surface area contributed by atoms with Gasteiger partial charge in [-0.15, -0.1) is 0 Å². The average molecular weight is 308 g/mol. The first-order valence-corrected chi connectivity index (χ1v) is 7.28. The SMILES string of the molecule is COc1ccc([N+](=O)[O-])cc1CNCC(O)c1ccsc1. The zero-order chi connectivity index (χ0) is 15.2. The third-order valence-electron chi connectivity index (χ3n) is 3.06. The maximum atomic E-state index is 10.8. The van der Waals surface area contributed by atoms with Gasteiger partial charge in [0.2, 0.25) is 0 Å². The van der Waals surface area contributed by atoms with Gasteiger partial charge in [0.25, 0.3) is 5.69 Å². The van der Waals surface area contributed by atoms with Crippen LogP contribution in [0.2, 0.25) is 0 Å². The third-order valence-corrected chi connectivity index (χ3v) is 3.76. The highest BCUT2D eigenvalue weighted by Crippen LogP contribution is 2.24. The largest absolute Gasteiger partial charge is 0.496 e. The maximum Gasteiger partial charge on any atom is 0.270 e. The van der Waals surface area contributed by atoms with Crippen molar-refractivity contribution in [3.05, 3.63) is 56.3 Å². The Bertz CT molecular complexity index is 601. The van der Waals surface area contributed by atoms with Crippen LogP contribution in [0.4, 0.5) is 5.69 Å². The first kappa shape index (κ1) is 15.4. The number of aliphatic hydroxyl groups is 1. The van der Waals surface area contributed by atoms with Crippen molar-refractivity contribution in [1.82, 2.24) is 5.32 Å². The van der Waals surface area contributed by atoms with Crippen molar-refractivity contribution in [1.29, 1.82) is 0 Å². The fourth-order valence-corrected chi connectivity index (χ4v) is 2.65. The number of non-ortho nitro benzene ring substituents is 1. The fourth-order valence-electron chi connectivity index (χ4n) is 1.94. The molecule has 0 fully saturated rings. The van der Waals surface area contributed by atoms with Gasteiger partial charge in [0.15, 0.2) is 0 Å². The number of rotatable bonds is 7. The van der Waals surface area contributed by atoms with E-state index < -0.39 is 11.0 Å². The number of nitro benzene ring substituents is 1. The molecule has 6 nitrogen and oxygen atoms in total. The number of aliphatic hydroxyl groups excluding tert-OH is 1. The van der Waals surface area contributed by atoms with E-state index >= 15 is 0 Å². The van der Waals surface area contributed by atoms with E-state index in [2.05, 4.69) is 5.32 Å². The van der Waals surface area contributed by atoms with Crippen LogP contribution in [0.3, 0.4) is 0 Å². The van der Waals surface area contributed by atoms with Crippen LogP contribution in [-0.2, 0) is 6.54 Å². The number of hydrogen-bond donors (Lipinski definition) is 2. The minimum atomic E-state index is -0.596. The molecule has 1 unspecified atom stereocenters. The molecule has 1 heterocycles. The lowest BCUT2D eigenvalue weighted by Crippen LogP contribution is -2.21. The highest BCUT2D eigenvalue weighted by Gasteiger charge is 2.12. The number of thiophene rings is 1. The summed E-state index contributed by atoms with van der Waals surface area (Å²) in [6.07, 6.45) is -0.596. The molecule has 1 atom stereocenters. The molecule has 0 spiro atoms. The Hall–Kier alpha value is -1.96. The summed E-state index contributed by atoms with van der Waals surface area (Å²) in [6.45, 7) is 0.745. The Morgan fingerprint density at radius 1 is 1.48 bits per heavy atom. The second-order valence-electron chi connectivity index (χ2n) is 4.46. The predicted molar refractivity (Wildman–Crippen MR) is 80.6 cm³/mol. The molecule has 7 heteroatoms. The predicted octanol–water partition coefficient (Wildman–Crippen LogP) is 2.49. The first-order chi connectivity index (χ1) is 10.1. The van der Waals surface area contributed by atoms with Gasteiger partial charge in [-0.25, -0.2) is 0 Å². The molecule has 0 aliphatic carbocycles. The lowest BCUT2D eigenvalue weighted by Gasteiger charge is -2.12. The van der Waals surface area contributed by atoms with Crippen LogP contribution in [0, 0.1) is 10.1 Å². The van der Waals surface area contributed by atoms with Gasteiger partial charge in [0.05, 0.1) is 18.1 Å². The van der Waals surface area contributed by atoms with Crippen LogP contribution >= 0.6 is 11.3 Å². The van der Waals surface area contributed by atoms with Crippen LogP contribution in [0.15, 0.2) is 35.0 Å². The summed E-state index contributed by atoms with van der Waals surface area (Å²) in [5, 5.41) is 27.6. The molecule has 0 saturated carbocycles. The van der Waals surface area contributed by atoms with Gasteiger partial charge in [-0.2, -0.15) is 11.3 Å². The van der Waals surface area contributed by atoms with Gasteiger partial charge in [0, 0.05) is 30.8 Å². The van der Waals surface area contributed by atoms with Crippen molar-refractivity contribution in [2.24, 2.45) is 0 Å². The number of methoxy groups -OCH3 is 1. The van der Waals surface area contributed by atoms with E-state index in [1.54, 1.807) is 6.07 Å². The molecular formula is C14H16N2O4S. The quantitative estimate of drug-likeness (QED) is 0.606. The van der Waals surface area contributed by atoms with E-state index in [-0.39, 0.29) is 5.69 Å². The van der Waals surface area contributed by atoms with Crippen molar-refractivity contribution < 1.29 is 14.8 Å². The summed E-state index contributed by atoms with van der Waals surface area (Å²) in [7, 11) is 1.52. The molecule has 0 aliphatic heterocycles. The van der Waals surface area contributed by atoms with Gasteiger partial charge >= 0.3 is 0 Å². The van der Waals surface area contributed by atoms with Crippen LogP contribution in [0.1, 0.15) is 17.2 Å². The molecule has 0 amide bonds. The first-order valence-electron chi connectivity index (χ1n) is 6.34. The number of benzene rings is 1. The van der Waals surface area contributed by atoms with E-state index in [0.717, 1.165) is 5.56 Å². The van der Waals surface area contributed by atoms with E-state index in [9.17, 15) is 15.2 Å². The Kier molecular flexibility index (Phi) is 5.26. The number of nitrogens with zero attached hydrogens (tertiary/aromatic N) is 1. The van der Waals surface area contributed by atoms with E-state index in [1.807, 2.05) is 16.8 Å². The van der Waals surface area contributed by atoms with Gasteiger partial charge in [-0.1, -0.05) is 0 Å². The number of nitro groups is 1. The summed E-state index contributed by atoms with van der Waals surface area (Å²) >= 11 is 1.53. The van der Waals surface area contributed by atoms with Crippen molar-refractivity contribution in [2.75, 3.05) is 13.7 Å². The van der Waals surface area contributed by atoms with Crippen LogP contribution in [0.5, 0.6) is 5.75 Å². The molecule has 112 valence electrons. The zero-order valence-electron chi connectivity index (χ0n) is 11.5. The molecule has 2 aromatic rings.